The molecule has 0 aromatic heterocycles. The lowest BCUT2D eigenvalue weighted by atomic mass is 10.1. The van der Waals surface area contributed by atoms with Crippen molar-refractivity contribution in [1.82, 2.24) is 0 Å². The first kappa shape index (κ1) is 21.5. The SMILES string of the molecule is CCCC(=O)Oc1c(I)cc(/C=C2\N=C(c3cccc(Br)c3)OC2=O)cc1OC. The molecule has 1 aliphatic heterocycles. The number of rotatable bonds is 6. The molecule has 1 heterocycles. The standard InChI is InChI=1S/C21H17BrINO5/c1-3-5-18(25)28-19-15(23)8-12(10-17(19)27-2)9-16-21(26)29-20(24-16)13-6-4-7-14(22)11-13/h4,6-11H,3,5H2,1-2H3/b16-9-. The fraction of sp³-hybridized carbons (Fsp3) is 0.190. The Morgan fingerprint density at radius 1 is 1.31 bits per heavy atom. The Balaban J connectivity index is 1.92. The highest BCUT2D eigenvalue weighted by Crippen LogP contribution is 2.35. The summed E-state index contributed by atoms with van der Waals surface area (Å²) in [6, 6.07) is 10.8. The zero-order chi connectivity index (χ0) is 21.0. The molecule has 0 aliphatic carbocycles. The highest BCUT2D eigenvalue weighted by molar-refractivity contribution is 14.1. The maximum Gasteiger partial charge on any atom is 0.363 e. The second-order valence-electron chi connectivity index (χ2n) is 6.10. The summed E-state index contributed by atoms with van der Waals surface area (Å²) < 4.78 is 17.6. The number of cyclic esters (lactones) is 1. The molecule has 2 aromatic carbocycles. The van der Waals surface area contributed by atoms with Gasteiger partial charge in [0.05, 0.1) is 10.7 Å². The average Bonchev–Trinajstić information content (AvgIpc) is 3.04. The van der Waals surface area contributed by atoms with E-state index in [1.54, 1.807) is 18.2 Å². The molecule has 0 N–H and O–H groups in total. The molecule has 29 heavy (non-hydrogen) atoms. The first-order chi connectivity index (χ1) is 13.9. The van der Waals surface area contributed by atoms with Crippen LogP contribution < -0.4 is 9.47 Å². The van der Waals surface area contributed by atoms with Crippen LogP contribution in [0.25, 0.3) is 6.08 Å². The molecule has 150 valence electrons. The number of benzene rings is 2. The summed E-state index contributed by atoms with van der Waals surface area (Å²) in [4.78, 5) is 28.4. The molecule has 0 radical (unpaired) electrons. The summed E-state index contributed by atoms with van der Waals surface area (Å²) in [7, 11) is 1.49. The van der Waals surface area contributed by atoms with Crippen molar-refractivity contribution in [2.24, 2.45) is 4.99 Å². The van der Waals surface area contributed by atoms with Crippen molar-refractivity contribution < 1.29 is 23.8 Å². The van der Waals surface area contributed by atoms with Crippen LogP contribution in [0.2, 0.25) is 0 Å². The average molecular weight is 570 g/mol. The van der Waals surface area contributed by atoms with Crippen molar-refractivity contribution in [1.29, 1.82) is 0 Å². The van der Waals surface area contributed by atoms with E-state index < -0.39 is 5.97 Å². The molecule has 2 aromatic rings. The smallest absolute Gasteiger partial charge is 0.363 e. The molecule has 0 fully saturated rings. The Labute approximate surface area is 190 Å². The van der Waals surface area contributed by atoms with Crippen LogP contribution in [0.5, 0.6) is 11.5 Å². The van der Waals surface area contributed by atoms with Crippen LogP contribution in [-0.2, 0) is 14.3 Å². The number of aliphatic imine (C=N–C) groups is 1. The monoisotopic (exact) mass is 569 g/mol. The number of ether oxygens (including phenoxy) is 3. The predicted molar refractivity (Wildman–Crippen MR) is 121 cm³/mol. The van der Waals surface area contributed by atoms with Crippen LogP contribution in [0.15, 0.2) is 51.6 Å². The van der Waals surface area contributed by atoms with E-state index in [-0.39, 0.29) is 17.6 Å². The predicted octanol–water partition coefficient (Wildman–Crippen LogP) is 5.11. The summed E-state index contributed by atoms with van der Waals surface area (Å²) in [5.74, 6) is 0.149. The van der Waals surface area contributed by atoms with Gasteiger partial charge in [-0.05, 0) is 71.0 Å². The molecule has 0 amide bonds. The Morgan fingerprint density at radius 2 is 2.10 bits per heavy atom. The number of carbonyl (C=O) groups is 2. The van der Waals surface area contributed by atoms with E-state index >= 15 is 0 Å². The maximum absolute atomic E-state index is 12.3. The van der Waals surface area contributed by atoms with Gasteiger partial charge in [0.2, 0.25) is 5.90 Å². The van der Waals surface area contributed by atoms with Crippen LogP contribution in [-0.4, -0.2) is 24.9 Å². The molecule has 3 rings (SSSR count). The number of carbonyl (C=O) groups excluding carboxylic acids is 2. The minimum Gasteiger partial charge on any atom is -0.493 e. The summed E-state index contributed by atoms with van der Waals surface area (Å²) >= 11 is 5.45. The molecule has 0 unspecified atom stereocenters. The van der Waals surface area contributed by atoms with Crippen LogP contribution in [0, 0.1) is 3.57 Å². The van der Waals surface area contributed by atoms with E-state index in [9.17, 15) is 9.59 Å². The van der Waals surface area contributed by atoms with E-state index in [1.165, 1.54) is 7.11 Å². The molecule has 0 saturated carbocycles. The third-order valence-electron chi connectivity index (χ3n) is 3.92. The minimum atomic E-state index is -0.535. The summed E-state index contributed by atoms with van der Waals surface area (Å²) in [5.41, 5.74) is 1.54. The minimum absolute atomic E-state index is 0.175. The fourth-order valence-electron chi connectivity index (χ4n) is 2.60. The summed E-state index contributed by atoms with van der Waals surface area (Å²) in [6.07, 6.45) is 2.63. The van der Waals surface area contributed by atoms with Gasteiger partial charge in [-0.3, -0.25) is 4.79 Å². The van der Waals surface area contributed by atoms with Crippen molar-refractivity contribution in [2.75, 3.05) is 7.11 Å². The second kappa shape index (κ2) is 9.53. The van der Waals surface area contributed by atoms with E-state index in [2.05, 4.69) is 43.5 Å². The van der Waals surface area contributed by atoms with Gasteiger partial charge in [0, 0.05) is 16.5 Å². The topological polar surface area (TPSA) is 74.2 Å². The molecule has 1 aliphatic rings. The lowest BCUT2D eigenvalue weighted by molar-refractivity contribution is -0.134. The molecular formula is C21H17BrINO5. The van der Waals surface area contributed by atoms with Crippen molar-refractivity contribution in [3.63, 3.8) is 0 Å². The number of halogens is 2. The van der Waals surface area contributed by atoms with Gasteiger partial charge < -0.3 is 14.2 Å². The number of methoxy groups -OCH3 is 1. The molecule has 8 heteroatoms. The van der Waals surface area contributed by atoms with Crippen LogP contribution in [0.4, 0.5) is 0 Å². The molecule has 0 atom stereocenters. The van der Waals surface area contributed by atoms with Crippen molar-refractivity contribution in [3.05, 3.63) is 61.3 Å². The van der Waals surface area contributed by atoms with Gasteiger partial charge in [-0.2, -0.15) is 0 Å². The third kappa shape index (κ3) is 5.24. The molecule has 0 spiro atoms. The van der Waals surface area contributed by atoms with Crippen LogP contribution in [0.1, 0.15) is 30.9 Å². The highest BCUT2D eigenvalue weighted by atomic mass is 127. The molecule has 0 saturated heterocycles. The van der Waals surface area contributed by atoms with Gasteiger partial charge >= 0.3 is 11.9 Å². The van der Waals surface area contributed by atoms with Crippen molar-refractivity contribution in [3.8, 4) is 11.5 Å². The van der Waals surface area contributed by atoms with Crippen molar-refractivity contribution in [2.45, 2.75) is 19.8 Å². The van der Waals surface area contributed by atoms with Gasteiger partial charge in [0.15, 0.2) is 17.2 Å². The quantitative estimate of drug-likeness (QED) is 0.209. The number of hydrogen-bond acceptors (Lipinski definition) is 6. The van der Waals surface area contributed by atoms with Crippen molar-refractivity contribution >= 4 is 62.4 Å². The second-order valence-corrected chi connectivity index (χ2v) is 8.18. The zero-order valence-electron chi connectivity index (χ0n) is 15.7. The lowest BCUT2D eigenvalue weighted by Gasteiger charge is -2.12. The van der Waals surface area contributed by atoms with Gasteiger partial charge in [-0.25, -0.2) is 9.79 Å². The van der Waals surface area contributed by atoms with Crippen LogP contribution in [0.3, 0.4) is 0 Å². The fourth-order valence-corrected chi connectivity index (χ4v) is 3.74. The lowest BCUT2D eigenvalue weighted by Crippen LogP contribution is -2.09. The number of esters is 2. The maximum atomic E-state index is 12.3. The Bertz CT molecular complexity index is 1030. The Hall–Kier alpha value is -2.20. The normalized spacial score (nSPS) is 14.6. The Morgan fingerprint density at radius 3 is 2.79 bits per heavy atom. The third-order valence-corrected chi connectivity index (χ3v) is 5.21. The number of hydrogen-bond donors (Lipinski definition) is 0. The largest absolute Gasteiger partial charge is 0.493 e. The van der Waals surface area contributed by atoms with Gasteiger partial charge in [-0.1, -0.05) is 28.9 Å². The molecule has 0 bridgehead atoms. The first-order valence-electron chi connectivity index (χ1n) is 8.78. The van der Waals surface area contributed by atoms with E-state index in [0.29, 0.717) is 39.0 Å². The van der Waals surface area contributed by atoms with Gasteiger partial charge in [0.1, 0.15) is 0 Å². The summed E-state index contributed by atoms with van der Waals surface area (Å²) in [6.45, 7) is 1.91. The zero-order valence-corrected chi connectivity index (χ0v) is 19.4. The highest BCUT2D eigenvalue weighted by Gasteiger charge is 2.25. The van der Waals surface area contributed by atoms with Crippen LogP contribution >= 0.6 is 38.5 Å². The summed E-state index contributed by atoms with van der Waals surface area (Å²) in [5, 5.41) is 0. The van der Waals surface area contributed by atoms with Gasteiger partial charge in [-0.15, -0.1) is 0 Å². The Kier molecular flexibility index (Phi) is 7.07. The number of nitrogens with zero attached hydrogens (tertiary/aromatic N) is 1. The van der Waals surface area contributed by atoms with E-state index in [1.807, 2.05) is 31.2 Å². The molecule has 6 nitrogen and oxygen atoms in total. The van der Waals surface area contributed by atoms with E-state index in [0.717, 1.165) is 4.47 Å². The van der Waals surface area contributed by atoms with Gasteiger partial charge in [0.25, 0.3) is 0 Å². The first-order valence-corrected chi connectivity index (χ1v) is 10.6. The molecular weight excluding hydrogens is 553 g/mol. The van der Waals surface area contributed by atoms with E-state index in [4.69, 9.17) is 14.2 Å².